The van der Waals surface area contributed by atoms with Gasteiger partial charge in [0.15, 0.2) is 0 Å². The van der Waals surface area contributed by atoms with Crippen LogP contribution >= 0.6 is 0 Å². The first-order valence-electron chi connectivity index (χ1n) is 6.81. The van der Waals surface area contributed by atoms with Crippen molar-refractivity contribution < 1.29 is 32.6 Å². The average molecular weight is 332 g/mol. The van der Waals surface area contributed by atoms with Gasteiger partial charge in [0.2, 0.25) is 0 Å². The van der Waals surface area contributed by atoms with Gasteiger partial charge in [0.25, 0.3) is 5.91 Å². The third-order valence-electron chi connectivity index (χ3n) is 3.70. The van der Waals surface area contributed by atoms with Gasteiger partial charge in [0.05, 0.1) is 18.1 Å². The number of carbonyl (C=O) groups excluding carboxylic acids is 1. The highest BCUT2D eigenvalue weighted by Crippen LogP contribution is 2.33. The summed E-state index contributed by atoms with van der Waals surface area (Å²) in [5.74, 6) is -2.08. The van der Waals surface area contributed by atoms with E-state index in [1.807, 2.05) is 0 Å². The molecule has 1 fully saturated rings. The van der Waals surface area contributed by atoms with Crippen LogP contribution in [0.15, 0.2) is 18.3 Å². The van der Waals surface area contributed by atoms with Crippen LogP contribution in [0.5, 0.6) is 0 Å². The van der Waals surface area contributed by atoms with E-state index in [1.165, 1.54) is 7.11 Å². The molecule has 0 saturated carbocycles. The number of aromatic nitrogens is 1. The van der Waals surface area contributed by atoms with E-state index in [0.29, 0.717) is 0 Å². The van der Waals surface area contributed by atoms with E-state index in [-0.39, 0.29) is 19.4 Å². The van der Waals surface area contributed by atoms with E-state index in [2.05, 4.69) is 4.98 Å². The minimum Gasteiger partial charge on any atom is -0.481 e. The SMILES string of the molecule is COC1CC(CC(=O)O)N(C(=O)c2ncccc2C(F)(F)F)C1. The molecule has 1 aliphatic rings. The van der Waals surface area contributed by atoms with Crippen LogP contribution in [-0.2, 0) is 15.7 Å². The fourth-order valence-electron chi connectivity index (χ4n) is 2.63. The van der Waals surface area contributed by atoms with Gasteiger partial charge in [-0.3, -0.25) is 14.6 Å². The van der Waals surface area contributed by atoms with Crippen molar-refractivity contribution in [2.24, 2.45) is 0 Å². The molecule has 0 spiro atoms. The van der Waals surface area contributed by atoms with Crippen molar-refractivity contribution in [3.63, 3.8) is 0 Å². The maximum absolute atomic E-state index is 13.0. The number of alkyl halides is 3. The van der Waals surface area contributed by atoms with Crippen LogP contribution in [-0.4, -0.2) is 52.7 Å². The first kappa shape index (κ1) is 17.2. The second-order valence-corrected chi connectivity index (χ2v) is 5.20. The molecule has 2 unspecified atom stereocenters. The Kier molecular flexibility index (Phi) is 4.88. The normalized spacial score (nSPS) is 21.5. The number of nitrogens with zero attached hydrogens (tertiary/aromatic N) is 2. The third kappa shape index (κ3) is 3.79. The molecule has 0 aliphatic carbocycles. The lowest BCUT2D eigenvalue weighted by Gasteiger charge is -2.24. The number of rotatable bonds is 4. The summed E-state index contributed by atoms with van der Waals surface area (Å²) in [6, 6.07) is 1.14. The van der Waals surface area contributed by atoms with Gasteiger partial charge in [0.1, 0.15) is 5.69 Å². The van der Waals surface area contributed by atoms with Gasteiger partial charge in [0, 0.05) is 25.9 Å². The fraction of sp³-hybridized carbons (Fsp3) is 0.500. The zero-order valence-corrected chi connectivity index (χ0v) is 12.2. The van der Waals surface area contributed by atoms with Gasteiger partial charge in [-0.2, -0.15) is 13.2 Å². The molecule has 1 aromatic heterocycles. The number of pyridine rings is 1. The molecule has 1 amide bonds. The number of amides is 1. The number of aliphatic carboxylic acids is 1. The molecule has 2 heterocycles. The fourth-order valence-corrected chi connectivity index (χ4v) is 2.63. The lowest BCUT2D eigenvalue weighted by Crippen LogP contribution is -2.38. The lowest BCUT2D eigenvalue weighted by atomic mass is 10.1. The number of hydrogen-bond acceptors (Lipinski definition) is 4. The van der Waals surface area contributed by atoms with E-state index in [9.17, 15) is 22.8 Å². The zero-order chi connectivity index (χ0) is 17.2. The molecule has 0 aromatic carbocycles. The minimum atomic E-state index is -4.72. The lowest BCUT2D eigenvalue weighted by molar-refractivity contribution is -0.139. The molecule has 126 valence electrons. The smallest absolute Gasteiger partial charge is 0.418 e. The summed E-state index contributed by atoms with van der Waals surface area (Å²) < 4.78 is 44.2. The highest BCUT2D eigenvalue weighted by atomic mass is 19.4. The summed E-state index contributed by atoms with van der Waals surface area (Å²) in [7, 11) is 1.40. The Morgan fingerprint density at radius 3 is 2.74 bits per heavy atom. The van der Waals surface area contributed by atoms with E-state index < -0.39 is 41.5 Å². The number of carboxylic acids is 1. The van der Waals surface area contributed by atoms with Crippen molar-refractivity contribution in [3.8, 4) is 0 Å². The van der Waals surface area contributed by atoms with Crippen molar-refractivity contribution in [2.45, 2.75) is 31.2 Å². The monoisotopic (exact) mass is 332 g/mol. The molecule has 23 heavy (non-hydrogen) atoms. The molecule has 2 atom stereocenters. The molecular formula is C14H15F3N2O4. The summed E-state index contributed by atoms with van der Waals surface area (Å²) in [4.78, 5) is 28.0. The molecule has 9 heteroatoms. The summed E-state index contributed by atoms with van der Waals surface area (Å²) >= 11 is 0. The summed E-state index contributed by atoms with van der Waals surface area (Å²) in [5.41, 5.74) is -1.87. The number of carboxylic acid groups (broad SMARTS) is 1. The van der Waals surface area contributed by atoms with Crippen molar-refractivity contribution in [3.05, 3.63) is 29.6 Å². The van der Waals surface area contributed by atoms with Crippen LogP contribution in [0, 0.1) is 0 Å². The Morgan fingerprint density at radius 2 is 2.17 bits per heavy atom. The van der Waals surface area contributed by atoms with Crippen molar-refractivity contribution in [2.75, 3.05) is 13.7 Å². The maximum atomic E-state index is 13.0. The van der Waals surface area contributed by atoms with Crippen LogP contribution in [0.1, 0.15) is 28.9 Å². The van der Waals surface area contributed by atoms with Crippen LogP contribution in [0.3, 0.4) is 0 Å². The maximum Gasteiger partial charge on any atom is 0.418 e. The standard InChI is InChI=1S/C14H15F3N2O4/c1-23-9-5-8(6-11(20)21)19(7-9)13(22)12-10(14(15,16)17)3-2-4-18-12/h2-4,8-9H,5-7H2,1H3,(H,20,21). The highest BCUT2D eigenvalue weighted by Gasteiger charge is 2.41. The third-order valence-corrected chi connectivity index (χ3v) is 3.70. The Hall–Kier alpha value is -2.16. The Labute approximate surface area is 129 Å². The van der Waals surface area contributed by atoms with Crippen LogP contribution in [0.4, 0.5) is 13.2 Å². The van der Waals surface area contributed by atoms with Crippen LogP contribution < -0.4 is 0 Å². The van der Waals surface area contributed by atoms with Gasteiger partial charge in [-0.25, -0.2) is 0 Å². The van der Waals surface area contributed by atoms with E-state index >= 15 is 0 Å². The number of carbonyl (C=O) groups is 2. The minimum absolute atomic E-state index is 0.0289. The van der Waals surface area contributed by atoms with Crippen molar-refractivity contribution in [1.29, 1.82) is 0 Å². The molecule has 1 aromatic rings. The first-order chi connectivity index (χ1) is 10.7. The summed E-state index contributed by atoms with van der Waals surface area (Å²) in [6.07, 6.45) is -4.15. The molecule has 2 rings (SSSR count). The number of ether oxygens (including phenoxy) is 1. The second kappa shape index (κ2) is 6.53. The molecule has 1 N–H and O–H groups in total. The Balaban J connectivity index is 2.33. The summed E-state index contributed by atoms with van der Waals surface area (Å²) in [5, 5.41) is 8.91. The molecule has 1 saturated heterocycles. The predicted octanol–water partition coefficient (Wildman–Crippen LogP) is 1.80. The molecule has 0 bridgehead atoms. The summed E-state index contributed by atoms with van der Waals surface area (Å²) in [6.45, 7) is 0.0289. The van der Waals surface area contributed by atoms with Gasteiger partial charge < -0.3 is 14.7 Å². The zero-order valence-electron chi connectivity index (χ0n) is 12.2. The van der Waals surface area contributed by atoms with Gasteiger partial charge >= 0.3 is 12.1 Å². The number of hydrogen-bond donors (Lipinski definition) is 1. The van der Waals surface area contributed by atoms with Gasteiger partial charge in [-0.15, -0.1) is 0 Å². The van der Waals surface area contributed by atoms with E-state index in [1.54, 1.807) is 0 Å². The molecular weight excluding hydrogens is 317 g/mol. The number of likely N-dealkylation sites (tertiary alicyclic amines) is 1. The van der Waals surface area contributed by atoms with E-state index in [0.717, 1.165) is 23.2 Å². The average Bonchev–Trinajstić information content (AvgIpc) is 2.88. The predicted molar refractivity (Wildman–Crippen MR) is 71.7 cm³/mol. The van der Waals surface area contributed by atoms with Gasteiger partial charge in [-0.1, -0.05) is 0 Å². The molecule has 1 aliphatic heterocycles. The van der Waals surface area contributed by atoms with Crippen molar-refractivity contribution in [1.82, 2.24) is 9.88 Å². The van der Waals surface area contributed by atoms with E-state index in [4.69, 9.17) is 9.84 Å². The largest absolute Gasteiger partial charge is 0.481 e. The van der Waals surface area contributed by atoms with Crippen LogP contribution in [0.25, 0.3) is 0 Å². The molecule has 6 nitrogen and oxygen atoms in total. The quantitative estimate of drug-likeness (QED) is 0.909. The van der Waals surface area contributed by atoms with Gasteiger partial charge in [-0.05, 0) is 18.6 Å². The Morgan fingerprint density at radius 1 is 1.48 bits per heavy atom. The van der Waals surface area contributed by atoms with Crippen LogP contribution in [0.2, 0.25) is 0 Å². The number of halogens is 3. The number of methoxy groups -OCH3 is 1. The highest BCUT2D eigenvalue weighted by molar-refractivity contribution is 5.94. The molecule has 0 radical (unpaired) electrons. The van der Waals surface area contributed by atoms with Crippen molar-refractivity contribution >= 4 is 11.9 Å². The second-order valence-electron chi connectivity index (χ2n) is 5.20. The first-order valence-corrected chi connectivity index (χ1v) is 6.81. The topological polar surface area (TPSA) is 79.7 Å². The Bertz CT molecular complexity index is 606.